The lowest BCUT2D eigenvalue weighted by atomic mass is 10.0. The zero-order valence-corrected chi connectivity index (χ0v) is 18.5. The summed E-state index contributed by atoms with van der Waals surface area (Å²) in [5, 5.41) is 0. The smallest absolute Gasteiger partial charge is 0.374 e. The van der Waals surface area contributed by atoms with Crippen LogP contribution < -0.4 is 0 Å². The molecule has 0 radical (unpaired) electrons. The van der Waals surface area contributed by atoms with Crippen molar-refractivity contribution < 1.29 is 13.3 Å². The van der Waals surface area contributed by atoms with Crippen molar-refractivity contribution in [3.63, 3.8) is 0 Å². The molecule has 0 aromatic heterocycles. The second-order valence-electron chi connectivity index (χ2n) is 6.75. The maximum absolute atomic E-state index is 5.74. The van der Waals surface area contributed by atoms with Gasteiger partial charge < -0.3 is 13.3 Å². The van der Waals surface area contributed by atoms with Gasteiger partial charge in [-0.05, 0) is 32.4 Å². The van der Waals surface area contributed by atoms with Crippen LogP contribution in [0.2, 0.25) is 0 Å². The highest BCUT2D eigenvalue weighted by Gasteiger charge is 2.36. The van der Waals surface area contributed by atoms with Crippen molar-refractivity contribution >= 4 is 8.80 Å². The molecule has 0 aromatic rings. The molecule has 0 saturated heterocycles. The Kier molecular flexibility index (Phi) is 18.5. The molecule has 150 valence electrons. The molecule has 0 rings (SSSR count). The van der Waals surface area contributed by atoms with Crippen LogP contribution in [0.5, 0.6) is 0 Å². The van der Waals surface area contributed by atoms with Gasteiger partial charge in [-0.1, -0.05) is 83.6 Å². The van der Waals surface area contributed by atoms with Gasteiger partial charge in [0, 0.05) is 20.3 Å². The van der Waals surface area contributed by atoms with Gasteiger partial charge in [0.15, 0.2) is 0 Å². The molecule has 0 aliphatic rings. The van der Waals surface area contributed by atoms with Crippen molar-refractivity contribution in [2.24, 2.45) is 0 Å². The Morgan fingerprint density at radius 2 is 1.08 bits per heavy atom. The van der Waals surface area contributed by atoms with Crippen molar-refractivity contribution in [2.45, 2.75) is 104 Å². The van der Waals surface area contributed by atoms with Gasteiger partial charge in [-0.2, -0.15) is 0 Å². The first kappa shape index (κ1) is 24.8. The lowest BCUT2D eigenvalue weighted by Crippen LogP contribution is -2.43. The molecule has 0 unspecified atom stereocenters. The van der Waals surface area contributed by atoms with Gasteiger partial charge in [0.2, 0.25) is 0 Å². The largest absolute Gasteiger partial charge is 0.529 e. The zero-order valence-electron chi connectivity index (χ0n) is 17.5. The Morgan fingerprint density at radius 1 is 0.640 bits per heavy atom. The molecule has 0 aliphatic heterocycles. The molecule has 25 heavy (non-hydrogen) atoms. The molecule has 0 aliphatic carbocycles. The van der Waals surface area contributed by atoms with Crippen molar-refractivity contribution in [3.05, 3.63) is 11.8 Å². The SMILES string of the molecule is CCCCCCCCCCCCCCC=C[Si](OC)(OCC)OCC. The average molecular weight is 373 g/mol. The van der Waals surface area contributed by atoms with Crippen LogP contribution in [0.1, 0.15) is 104 Å². The third-order valence-corrected chi connectivity index (χ3v) is 7.12. The average Bonchev–Trinajstić information content (AvgIpc) is 2.62. The van der Waals surface area contributed by atoms with Crippen molar-refractivity contribution in [1.82, 2.24) is 0 Å². The van der Waals surface area contributed by atoms with Gasteiger partial charge in [0.05, 0.1) is 0 Å². The number of unbranched alkanes of at least 4 members (excludes halogenated alkanes) is 12. The summed E-state index contributed by atoms with van der Waals surface area (Å²) in [4.78, 5) is 0. The lowest BCUT2D eigenvalue weighted by Gasteiger charge is -2.23. The quantitative estimate of drug-likeness (QED) is 0.184. The third kappa shape index (κ3) is 14.7. The summed E-state index contributed by atoms with van der Waals surface area (Å²) in [6.07, 6.45) is 20.0. The van der Waals surface area contributed by atoms with E-state index >= 15 is 0 Å². The van der Waals surface area contributed by atoms with E-state index in [0.717, 1.165) is 6.42 Å². The summed E-state index contributed by atoms with van der Waals surface area (Å²) in [7, 11) is -0.867. The molecule has 0 saturated carbocycles. The molecule has 0 bridgehead atoms. The molecule has 0 spiro atoms. The summed E-state index contributed by atoms with van der Waals surface area (Å²) in [5.41, 5.74) is 2.05. The van der Waals surface area contributed by atoms with Crippen molar-refractivity contribution in [3.8, 4) is 0 Å². The van der Waals surface area contributed by atoms with E-state index in [1.54, 1.807) is 7.11 Å². The zero-order chi connectivity index (χ0) is 18.6. The molecule has 0 aromatic carbocycles. The summed E-state index contributed by atoms with van der Waals surface area (Å²) in [6.45, 7) is 7.51. The normalized spacial score (nSPS) is 12.3. The topological polar surface area (TPSA) is 27.7 Å². The molecule has 0 atom stereocenters. The molecule has 0 N–H and O–H groups in total. The minimum Gasteiger partial charge on any atom is -0.374 e. The Hall–Kier alpha value is -0.163. The fraction of sp³-hybridized carbons (Fsp3) is 0.905. The summed E-state index contributed by atoms with van der Waals surface area (Å²) < 4.78 is 17.0. The van der Waals surface area contributed by atoms with Crippen LogP contribution in [0.25, 0.3) is 0 Å². The van der Waals surface area contributed by atoms with Crippen LogP contribution in [-0.4, -0.2) is 29.1 Å². The first-order chi connectivity index (χ1) is 12.2. The standard InChI is InChI=1S/C21H44O3Si/c1-5-8-9-10-11-12-13-14-15-16-17-18-19-20-21-25(22-4,23-6-2)24-7-3/h20-21H,5-19H2,1-4H3. The van der Waals surface area contributed by atoms with E-state index in [2.05, 4.69) is 18.7 Å². The van der Waals surface area contributed by atoms with Crippen LogP contribution in [0, 0.1) is 0 Å². The summed E-state index contributed by atoms with van der Waals surface area (Å²) in [6, 6.07) is 0. The first-order valence-electron chi connectivity index (χ1n) is 10.7. The molecular weight excluding hydrogens is 328 g/mol. The van der Waals surface area contributed by atoms with Gasteiger partial charge in [0.25, 0.3) is 0 Å². The summed E-state index contributed by atoms with van der Waals surface area (Å²) in [5.74, 6) is 0. The molecule has 0 heterocycles. The minimum absolute atomic E-state index is 0.628. The highest BCUT2D eigenvalue weighted by molar-refractivity contribution is 6.66. The molecule has 0 amide bonds. The number of allylic oxidation sites excluding steroid dienone is 1. The van der Waals surface area contributed by atoms with E-state index in [9.17, 15) is 0 Å². The van der Waals surface area contributed by atoms with E-state index in [4.69, 9.17) is 13.3 Å². The van der Waals surface area contributed by atoms with Gasteiger partial charge in [0.1, 0.15) is 0 Å². The van der Waals surface area contributed by atoms with E-state index in [1.165, 1.54) is 77.0 Å². The molecule has 4 heteroatoms. The maximum Gasteiger partial charge on any atom is 0.529 e. The fourth-order valence-corrected chi connectivity index (χ4v) is 4.96. The highest BCUT2D eigenvalue weighted by atomic mass is 28.4. The Balaban J connectivity index is 3.55. The van der Waals surface area contributed by atoms with E-state index in [-0.39, 0.29) is 0 Å². The van der Waals surface area contributed by atoms with Gasteiger partial charge in [-0.25, -0.2) is 0 Å². The Morgan fingerprint density at radius 3 is 1.48 bits per heavy atom. The van der Waals surface area contributed by atoms with Crippen molar-refractivity contribution in [2.75, 3.05) is 20.3 Å². The lowest BCUT2D eigenvalue weighted by molar-refractivity contribution is 0.100. The highest BCUT2D eigenvalue weighted by Crippen LogP contribution is 2.14. The monoisotopic (exact) mass is 372 g/mol. The Labute approximate surface area is 158 Å². The van der Waals surface area contributed by atoms with Gasteiger partial charge >= 0.3 is 8.80 Å². The predicted octanol–water partition coefficient (Wildman–Crippen LogP) is 6.83. The molecule has 3 nitrogen and oxygen atoms in total. The van der Waals surface area contributed by atoms with Crippen LogP contribution in [-0.2, 0) is 13.3 Å². The predicted molar refractivity (Wildman–Crippen MR) is 111 cm³/mol. The third-order valence-electron chi connectivity index (χ3n) is 4.52. The summed E-state index contributed by atoms with van der Waals surface area (Å²) >= 11 is 0. The number of hydrogen-bond acceptors (Lipinski definition) is 3. The second-order valence-corrected chi connectivity index (χ2v) is 9.28. The fourth-order valence-electron chi connectivity index (χ4n) is 3.06. The van der Waals surface area contributed by atoms with Crippen LogP contribution in [0.4, 0.5) is 0 Å². The van der Waals surface area contributed by atoms with E-state index < -0.39 is 8.80 Å². The number of hydrogen-bond donors (Lipinski definition) is 0. The van der Waals surface area contributed by atoms with E-state index in [0.29, 0.717) is 13.2 Å². The van der Waals surface area contributed by atoms with Crippen LogP contribution >= 0.6 is 0 Å². The first-order valence-corrected chi connectivity index (χ1v) is 12.6. The Bertz CT molecular complexity index is 289. The number of rotatable bonds is 19. The maximum atomic E-state index is 5.74. The second kappa shape index (κ2) is 18.6. The van der Waals surface area contributed by atoms with Crippen LogP contribution in [0.3, 0.4) is 0 Å². The van der Waals surface area contributed by atoms with Crippen molar-refractivity contribution in [1.29, 1.82) is 0 Å². The minimum atomic E-state index is -2.55. The molecule has 0 fully saturated rings. The van der Waals surface area contributed by atoms with E-state index in [1.807, 2.05) is 13.8 Å². The van der Waals surface area contributed by atoms with Gasteiger partial charge in [-0.15, -0.1) is 0 Å². The molecular formula is C21H44O3Si. The van der Waals surface area contributed by atoms with Gasteiger partial charge in [-0.3, -0.25) is 0 Å². The van der Waals surface area contributed by atoms with Crippen LogP contribution in [0.15, 0.2) is 11.8 Å².